The first-order valence-electron chi connectivity index (χ1n) is 8.55. The Labute approximate surface area is 168 Å². The molecular formula is C18H17BrClNO6. The lowest BCUT2D eigenvalue weighted by Gasteiger charge is -2.26. The maximum absolute atomic E-state index is 12.6. The minimum atomic E-state index is -0.570. The molecule has 144 valence electrons. The van der Waals surface area contributed by atoms with E-state index in [2.05, 4.69) is 21.2 Å². The van der Waals surface area contributed by atoms with Crippen LogP contribution in [0, 0.1) is 23.7 Å². The Kier molecular flexibility index (Phi) is 4.80. The molecule has 3 fully saturated rings. The smallest absolute Gasteiger partial charge is 0.310 e. The lowest BCUT2D eigenvalue weighted by molar-refractivity contribution is -0.157. The van der Waals surface area contributed by atoms with Gasteiger partial charge < -0.3 is 19.5 Å². The third-order valence-electron chi connectivity index (χ3n) is 5.58. The van der Waals surface area contributed by atoms with Gasteiger partial charge in [0, 0.05) is 10.9 Å². The maximum Gasteiger partial charge on any atom is 0.310 e. The van der Waals surface area contributed by atoms with Gasteiger partial charge in [0.25, 0.3) is 5.91 Å². The number of esters is 2. The number of benzene rings is 1. The van der Waals surface area contributed by atoms with Crippen LogP contribution in [-0.4, -0.2) is 42.5 Å². The number of nitrogens with one attached hydrogen (secondary N) is 1. The van der Waals surface area contributed by atoms with Gasteiger partial charge in [-0.1, -0.05) is 27.5 Å². The van der Waals surface area contributed by atoms with Crippen molar-refractivity contribution in [1.29, 1.82) is 0 Å². The van der Waals surface area contributed by atoms with Crippen LogP contribution in [0.5, 0.6) is 5.75 Å². The molecule has 9 heteroatoms. The fraction of sp³-hybridized carbons (Fsp3) is 0.500. The van der Waals surface area contributed by atoms with E-state index in [0.29, 0.717) is 16.5 Å². The van der Waals surface area contributed by atoms with E-state index in [9.17, 15) is 14.4 Å². The fourth-order valence-electron chi connectivity index (χ4n) is 4.49. The summed E-state index contributed by atoms with van der Waals surface area (Å²) in [6.07, 6.45) is 0.595. The van der Waals surface area contributed by atoms with Crippen molar-refractivity contribution in [2.24, 2.45) is 23.7 Å². The van der Waals surface area contributed by atoms with Crippen molar-refractivity contribution < 1.29 is 28.6 Å². The van der Waals surface area contributed by atoms with E-state index in [4.69, 9.17) is 25.8 Å². The summed E-state index contributed by atoms with van der Waals surface area (Å²) in [6.45, 7) is -0.458. The number of anilines is 1. The first-order chi connectivity index (χ1) is 12.9. The molecule has 4 rings (SSSR count). The fourth-order valence-corrected chi connectivity index (χ4v) is 5.71. The van der Waals surface area contributed by atoms with Crippen LogP contribution in [0.1, 0.15) is 6.42 Å². The number of methoxy groups -OCH3 is 1. The van der Waals surface area contributed by atoms with Crippen LogP contribution in [0.3, 0.4) is 0 Å². The highest BCUT2D eigenvalue weighted by molar-refractivity contribution is 9.09. The number of carbonyl (C=O) groups excluding carboxylic acids is 3. The number of rotatable bonds is 5. The molecule has 1 amide bonds. The number of amides is 1. The standard InChI is InChI=1S/C18H17BrClNO6/c1-25-11-3-2-7(20)4-10(11)21-12(22)6-26-17(23)13-8-5-9-14(13)18(24)27-16(9)15(8)19/h2-4,8-9,13-16H,5-6H2,1H3,(H,21,22)/t8-,9+,13-,14-,15+,16-/m0/s1. The number of hydrogen-bond donors (Lipinski definition) is 1. The highest BCUT2D eigenvalue weighted by Crippen LogP contribution is 2.60. The first kappa shape index (κ1) is 18.6. The predicted octanol–water partition coefficient (Wildman–Crippen LogP) is 2.40. The quantitative estimate of drug-likeness (QED) is 0.538. The summed E-state index contributed by atoms with van der Waals surface area (Å²) in [4.78, 5) is 36.8. The average molecular weight is 459 g/mol. The molecule has 1 aliphatic heterocycles. The van der Waals surface area contributed by atoms with Crippen LogP contribution in [0.2, 0.25) is 5.02 Å². The van der Waals surface area contributed by atoms with Crippen molar-refractivity contribution in [3.05, 3.63) is 23.2 Å². The molecule has 7 nitrogen and oxygen atoms in total. The zero-order chi connectivity index (χ0) is 19.3. The maximum atomic E-state index is 12.6. The Hall–Kier alpha value is -1.80. The number of carbonyl (C=O) groups is 3. The molecule has 0 aromatic heterocycles. The van der Waals surface area contributed by atoms with Crippen LogP contribution in [0.4, 0.5) is 5.69 Å². The Morgan fingerprint density at radius 1 is 1.37 bits per heavy atom. The normalized spacial score (nSPS) is 32.9. The number of fused-ring (bicyclic) bond motifs is 1. The van der Waals surface area contributed by atoms with E-state index < -0.39 is 30.3 Å². The molecule has 6 atom stereocenters. The first-order valence-corrected chi connectivity index (χ1v) is 9.84. The molecule has 27 heavy (non-hydrogen) atoms. The van der Waals surface area contributed by atoms with Gasteiger partial charge in [-0.2, -0.15) is 0 Å². The van der Waals surface area contributed by atoms with E-state index in [0.717, 1.165) is 6.42 Å². The molecule has 1 heterocycles. The summed E-state index contributed by atoms with van der Waals surface area (Å²) >= 11 is 9.47. The largest absolute Gasteiger partial charge is 0.495 e. The average Bonchev–Trinajstić information content (AvgIpc) is 3.24. The molecule has 2 bridgehead atoms. The summed E-state index contributed by atoms with van der Waals surface area (Å²) in [7, 11) is 1.47. The van der Waals surface area contributed by atoms with Gasteiger partial charge in [0.1, 0.15) is 11.9 Å². The highest BCUT2D eigenvalue weighted by Gasteiger charge is 2.68. The second-order valence-corrected chi connectivity index (χ2v) is 8.46. The van der Waals surface area contributed by atoms with Gasteiger partial charge in [0.15, 0.2) is 6.61 Å². The van der Waals surface area contributed by atoms with Gasteiger partial charge >= 0.3 is 11.9 Å². The van der Waals surface area contributed by atoms with Crippen LogP contribution < -0.4 is 10.1 Å². The SMILES string of the molecule is COc1ccc(Cl)cc1NC(=O)COC(=O)[C@H]1[C@@H]2C[C@H]3[C@H](OC(=O)[C@@H]31)[C@@H]2Br. The van der Waals surface area contributed by atoms with Crippen molar-refractivity contribution in [3.63, 3.8) is 0 Å². The van der Waals surface area contributed by atoms with Gasteiger partial charge in [0.2, 0.25) is 0 Å². The van der Waals surface area contributed by atoms with E-state index in [1.165, 1.54) is 7.11 Å². The van der Waals surface area contributed by atoms with Crippen LogP contribution in [-0.2, 0) is 23.9 Å². The number of alkyl halides is 1. The van der Waals surface area contributed by atoms with Gasteiger partial charge in [-0.25, -0.2) is 0 Å². The van der Waals surface area contributed by atoms with Crippen molar-refractivity contribution in [1.82, 2.24) is 0 Å². The van der Waals surface area contributed by atoms with Crippen LogP contribution in [0.15, 0.2) is 18.2 Å². The summed E-state index contributed by atoms with van der Waals surface area (Å²) in [5.41, 5.74) is 0.383. The van der Waals surface area contributed by atoms with E-state index in [1.807, 2.05) is 0 Å². The molecule has 2 aliphatic carbocycles. The lowest BCUT2D eigenvalue weighted by atomic mass is 9.80. The van der Waals surface area contributed by atoms with Crippen LogP contribution in [0.25, 0.3) is 0 Å². The molecule has 1 N–H and O–H groups in total. The van der Waals surface area contributed by atoms with Gasteiger partial charge in [-0.3, -0.25) is 14.4 Å². The molecule has 3 aliphatic rings. The van der Waals surface area contributed by atoms with Crippen molar-refractivity contribution in [2.75, 3.05) is 19.0 Å². The topological polar surface area (TPSA) is 90.9 Å². The Balaban J connectivity index is 1.38. The molecule has 0 radical (unpaired) electrons. The predicted molar refractivity (Wildman–Crippen MR) is 98.8 cm³/mol. The minimum Gasteiger partial charge on any atom is -0.495 e. The van der Waals surface area contributed by atoms with Gasteiger partial charge in [-0.15, -0.1) is 0 Å². The summed E-state index contributed by atoms with van der Waals surface area (Å²) < 4.78 is 15.7. The second kappa shape index (κ2) is 6.98. The Bertz CT molecular complexity index is 817. The molecule has 1 aromatic carbocycles. The zero-order valence-electron chi connectivity index (χ0n) is 14.3. The highest BCUT2D eigenvalue weighted by atomic mass is 79.9. The van der Waals surface area contributed by atoms with Crippen LogP contribution >= 0.6 is 27.5 Å². The molecule has 0 unspecified atom stereocenters. The van der Waals surface area contributed by atoms with E-state index in [-0.39, 0.29) is 28.7 Å². The number of ether oxygens (including phenoxy) is 3. The molecular weight excluding hydrogens is 442 g/mol. The second-order valence-electron chi connectivity index (χ2n) is 6.96. The molecule has 0 spiro atoms. The third-order valence-corrected chi connectivity index (χ3v) is 7.01. The molecule has 2 saturated carbocycles. The van der Waals surface area contributed by atoms with Gasteiger partial charge in [-0.05, 0) is 30.5 Å². The van der Waals surface area contributed by atoms with Crippen molar-refractivity contribution >= 4 is 51.1 Å². The van der Waals surface area contributed by atoms with E-state index in [1.54, 1.807) is 18.2 Å². The van der Waals surface area contributed by atoms with Gasteiger partial charge in [0.05, 0.1) is 29.5 Å². The number of hydrogen-bond acceptors (Lipinski definition) is 6. The summed E-state index contributed by atoms with van der Waals surface area (Å²) in [5, 5.41) is 3.04. The summed E-state index contributed by atoms with van der Waals surface area (Å²) in [5.74, 6) is -1.96. The van der Waals surface area contributed by atoms with Crippen molar-refractivity contribution in [2.45, 2.75) is 17.4 Å². The number of halogens is 2. The Morgan fingerprint density at radius 3 is 2.89 bits per heavy atom. The lowest BCUT2D eigenvalue weighted by Crippen LogP contribution is -2.39. The zero-order valence-corrected chi connectivity index (χ0v) is 16.7. The van der Waals surface area contributed by atoms with Crippen molar-refractivity contribution in [3.8, 4) is 5.75 Å². The minimum absolute atomic E-state index is 0.0139. The Morgan fingerprint density at radius 2 is 2.15 bits per heavy atom. The summed E-state index contributed by atoms with van der Waals surface area (Å²) in [6, 6.07) is 4.80. The monoisotopic (exact) mass is 457 g/mol. The molecule has 1 saturated heterocycles. The third kappa shape index (κ3) is 3.08. The van der Waals surface area contributed by atoms with E-state index >= 15 is 0 Å². The molecule has 1 aromatic rings.